The summed E-state index contributed by atoms with van der Waals surface area (Å²) in [6.45, 7) is 4.38. The number of hydrogen-bond donors (Lipinski definition) is 1. The molecule has 0 atom stereocenters. The predicted molar refractivity (Wildman–Crippen MR) is 122 cm³/mol. The van der Waals surface area contributed by atoms with Gasteiger partial charge in [-0.3, -0.25) is 4.79 Å². The quantitative estimate of drug-likeness (QED) is 0.737. The van der Waals surface area contributed by atoms with Crippen LogP contribution in [-0.2, 0) is 4.79 Å². The summed E-state index contributed by atoms with van der Waals surface area (Å²) >= 11 is 0. The Bertz CT molecular complexity index is 976. The number of carbonyl (C=O) groups is 1. The zero-order valence-electron chi connectivity index (χ0n) is 18.3. The standard InChI is InChI=1S/C23H28F2N2O2Si/c1-26(2)19-12-21-15(10-17(19)24)14(8-7-9-23(28)29)16-11-18(25)20(27(3)4)13-22(16)30(21,5)6/h8,10-13H,7,9H2,1-6H3,(H,28,29). The van der Waals surface area contributed by atoms with E-state index in [-0.39, 0.29) is 18.1 Å². The second-order valence-corrected chi connectivity index (χ2v) is 13.0. The number of rotatable bonds is 5. The smallest absolute Gasteiger partial charge is 0.303 e. The first-order valence-electron chi connectivity index (χ1n) is 9.90. The molecule has 0 amide bonds. The van der Waals surface area contributed by atoms with Crippen molar-refractivity contribution in [1.29, 1.82) is 0 Å². The van der Waals surface area contributed by atoms with E-state index in [1.165, 1.54) is 12.1 Å². The molecular formula is C23H28F2N2O2Si. The Kier molecular flexibility index (Phi) is 5.78. The van der Waals surface area contributed by atoms with Crippen LogP contribution in [0, 0.1) is 11.6 Å². The first-order valence-corrected chi connectivity index (χ1v) is 12.9. The van der Waals surface area contributed by atoms with E-state index >= 15 is 0 Å². The number of nitrogens with zero attached hydrogens (tertiary/aromatic N) is 2. The van der Waals surface area contributed by atoms with Gasteiger partial charge >= 0.3 is 5.97 Å². The maximum absolute atomic E-state index is 14.9. The van der Waals surface area contributed by atoms with Crippen LogP contribution in [0.4, 0.5) is 20.2 Å². The lowest BCUT2D eigenvalue weighted by molar-refractivity contribution is -0.136. The molecule has 0 aliphatic carbocycles. The van der Waals surface area contributed by atoms with Gasteiger partial charge in [-0.1, -0.05) is 19.2 Å². The molecule has 0 fully saturated rings. The molecule has 3 rings (SSSR count). The van der Waals surface area contributed by atoms with Gasteiger partial charge in [0.05, 0.1) is 11.4 Å². The van der Waals surface area contributed by atoms with Gasteiger partial charge in [0.2, 0.25) is 0 Å². The molecule has 0 radical (unpaired) electrons. The van der Waals surface area contributed by atoms with Gasteiger partial charge in [-0.2, -0.15) is 0 Å². The highest BCUT2D eigenvalue weighted by molar-refractivity contribution is 7.02. The van der Waals surface area contributed by atoms with Crippen molar-refractivity contribution in [2.75, 3.05) is 38.0 Å². The fourth-order valence-corrected chi connectivity index (χ4v) is 7.18. The molecule has 4 nitrogen and oxygen atoms in total. The number of carboxylic acid groups (broad SMARTS) is 1. The summed E-state index contributed by atoms with van der Waals surface area (Å²) in [5.41, 5.74) is 3.21. The Labute approximate surface area is 177 Å². The van der Waals surface area contributed by atoms with Gasteiger partial charge in [-0.15, -0.1) is 0 Å². The van der Waals surface area contributed by atoms with Crippen LogP contribution in [0.1, 0.15) is 24.0 Å². The van der Waals surface area contributed by atoms with Crippen molar-refractivity contribution in [3.8, 4) is 0 Å². The maximum Gasteiger partial charge on any atom is 0.303 e. The van der Waals surface area contributed by atoms with Crippen molar-refractivity contribution >= 4 is 41.4 Å². The summed E-state index contributed by atoms with van der Waals surface area (Å²) in [5, 5.41) is 11.2. The summed E-state index contributed by atoms with van der Waals surface area (Å²) in [7, 11) is 4.94. The van der Waals surface area contributed by atoms with Crippen molar-refractivity contribution in [3.05, 3.63) is 53.1 Å². The van der Waals surface area contributed by atoms with Gasteiger partial charge in [0, 0.05) is 34.6 Å². The lowest BCUT2D eigenvalue weighted by Gasteiger charge is -2.37. The van der Waals surface area contributed by atoms with E-state index in [0.29, 0.717) is 23.4 Å². The maximum atomic E-state index is 14.9. The third kappa shape index (κ3) is 3.74. The van der Waals surface area contributed by atoms with E-state index in [1.54, 1.807) is 44.1 Å². The second-order valence-electron chi connectivity index (χ2n) is 8.66. The monoisotopic (exact) mass is 430 g/mol. The molecule has 2 aromatic rings. The minimum atomic E-state index is -2.28. The van der Waals surface area contributed by atoms with Crippen LogP contribution < -0.4 is 20.2 Å². The van der Waals surface area contributed by atoms with Crippen LogP contribution in [0.2, 0.25) is 13.1 Å². The van der Waals surface area contributed by atoms with Crippen molar-refractivity contribution in [2.24, 2.45) is 0 Å². The second kappa shape index (κ2) is 7.87. The number of aliphatic carboxylic acids is 1. The van der Waals surface area contributed by atoms with Gasteiger partial charge in [0.25, 0.3) is 0 Å². The summed E-state index contributed by atoms with van der Waals surface area (Å²) in [5.74, 6) is -1.59. The largest absolute Gasteiger partial charge is 0.481 e. The Balaban J connectivity index is 2.33. The van der Waals surface area contributed by atoms with Crippen LogP contribution in [0.25, 0.3) is 5.57 Å². The number of anilines is 2. The average molecular weight is 431 g/mol. The molecule has 7 heteroatoms. The van der Waals surface area contributed by atoms with E-state index in [9.17, 15) is 13.6 Å². The minimum Gasteiger partial charge on any atom is -0.481 e. The molecular weight excluding hydrogens is 402 g/mol. The molecule has 1 aliphatic heterocycles. The minimum absolute atomic E-state index is 0.0362. The number of halogens is 2. The van der Waals surface area contributed by atoms with Crippen molar-refractivity contribution < 1.29 is 18.7 Å². The molecule has 30 heavy (non-hydrogen) atoms. The lowest BCUT2D eigenvalue weighted by atomic mass is 9.94. The van der Waals surface area contributed by atoms with Crippen LogP contribution in [-0.4, -0.2) is 47.3 Å². The predicted octanol–water partition coefficient (Wildman–Crippen LogP) is 3.53. The molecule has 0 bridgehead atoms. The van der Waals surface area contributed by atoms with Gasteiger partial charge in [0.1, 0.15) is 19.7 Å². The van der Waals surface area contributed by atoms with Crippen LogP contribution in [0.5, 0.6) is 0 Å². The highest BCUT2D eigenvalue weighted by Gasteiger charge is 2.38. The first-order chi connectivity index (χ1) is 13.9. The number of hydrogen-bond acceptors (Lipinski definition) is 3. The number of benzene rings is 2. The molecule has 1 heterocycles. The number of fused-ring (bicyclic) bond motifs is 2. The highest BCUT2D eigenvalue weighted by atomic mass is 28.3. The fraction of sp³-hybridized carbons (Fsp3) is 0.348. The van der Waals surface area contributed by atoms with E-state index in [1.807, 2.05) is 12.1 Å². The van der Waals surface area contributed by atoms with E-state index in [4.69, 9.17) is 5.11 Å². The summed E-state index contributed by atoms with van der Waals surface area (Å²) in [4.78, 5) is 14.5. The number of allylic oxidation sites excluding steroid dienone is 1. The average Bonchev–Trinajstić information content (AvgIpc) is 2.62. The normalized spacial score (nSPS) is 14.1. The van der Waals surface area contributed by atoms with Gasteiger partial charge in [-0.25, -0.2) is 8.78 Å². The first kappa shape index (κ1) is 22.0. The molecule has 1 N–H and O–H groups in total. The van der Waals surface area contributed by atoms with Crippen molar-refractivity contribution in [3.63, 3.8) is 0 Å². The SMILES string of the molecule is CN(C)c1cc2c(cc1F)C(=CCCC(=O)O)c1cc(F)c(N(C)C)cc1[Si]2(C)C. The summed E-state index contributed by atoms with van der Waals surface area (Å²) in [6, 6.07) is 6.85. The topological polar surface area (TPSA) is 43.8 Å². The lowest BCUT2D eigenvalue weighted by Crippen LogP contribution is -2.58. The van der Waals surface area contributed by atoms with Gasteiger partial charge < -0.3 is 14.9 Å². The summed E-state index contributed by atoms with van der Waals surface area (Å²) < 4.78 is 29.8. The fourth-order valence-electron chi connectivity index (χ4n) is 4.14. The Morgan fingerprint density at radius 2 is 1.37 bits per heavy atom. The third-order valence-corrected chi connectivity index (χ3v) is 9.29. The highest BCUT2D eigenvalue weighted by Crippen LogP contribution is 2.35. The van der Waals surface area contributed by atoms with Crippen molar-refractivity contribution in [1.82, 2.24) is 0 Å². The van der Waals surface area contributed by atoms with Crippen LogP contribution in [0.3, 0.4) is 0 Å². The molecule has 0 spiro atoms. The molecule has 0 aromatic heterocycles. The molecule has 0 unspecified atom stereocenters. The third-order valence-electron chi connectivity index (χ3n) is 5.77. The van der Waals surface area contributed by atoms with Crippen LogP contribution >= 0.6 is 0 Å². The number of carboxylic acids is 1. The van der Waals surface area contributed by atoms with E-state index in [2.05, 4.69) is 13.1 Å². The molecule has 0 saturated carbocycles. The molecule has 2 aromatic carbocycles. The van der Waals surface area contributed by atoms with E-state index < -0.39 is 14.0 Å². The molecule has 160 valence electrons. The van der Waals surface area contributed by atoms with Crippen molar-refractivity contribution in [2.45, 2.75) is 25.9 Å². The zero-order valence-corrected chi connectivity index (χ0v) is 19.3. The zero-order chi connectivity index (χ0) is 22.4. The van der Waals surface area contributed by atoms with Crippen LogP contribution in [0.15, 0.2) is 30.3 Å². The summed E-state index contributed by atoms with van der Waals surface area (Å²) in [6.07, 6.45) is 2.06. The Hall–Kier alpha value is -2.67. The van der Waals surface area contributed by atoms with E-state index in [0.717, 1.165) is 21.5 Å². The molecule has 0 saturated heterocycles. The Morgan fingerprint density at radius 1 is 0.933 bits per heavy atom. The van der Waals surface area contributed by atoms with Gasteiger partial charge in [-0.05, 0) is 57.8 Å². The van der Waals surface area contributed by atoms with Gasteiger partial charge in [0.15, 0.2) is 0 Å². The molecule has 1 aliphatic rings. The Morgan fingerprint density at radius 3 is 1.73 bits per heavy atom.